The average Bonchev–Trinajstić information content (AvgIpc) is 3.19. The largest absolute Gasteiger partial charge is 0.481 e. The summed E-state index contributed by atoms with van der Waals surface area (Å²) in [4.78, 5) is 22.7. The van der Waals surface area contributed by atoms with E-state index in [0.717, 1.165) is 27.6 Å². The summed E-state index contributed by atoms with van der Waals surface area (Å²) in [6.45, 7) is 3.96. The molecule has 0 bridgehead atoms. The Kier molecular flexibility index (Phi) is 4.86. The number of fused-ring (bicyclic) bond motifs is 2. The Bertz CT molecular complexity index is 843. The third-order valence-electron chi connectivity index (χ3n) is 4.67. The van der Waals surface area contributed by atoms with Gasteiger partial charge in [-0.3, -0.25) is 9.59 Å². The number of carbonyl (C=O) groups is 2. The summed E-state index contributed by atoms with van der Waals surface area (Å²) >= 11 is 0. The zero-order valence-corrected chi connectivity index (χ0v) is 15.3. The minimum absolute atomic E-state index is 0.116. The van der Waals surface area contributed by atoms with Gasteiger partial charge in [-0.05, 0) is 46.7 Å². The van der Waals surface area contributed by atoms with E-state index in [1.54, 1.807) is 6.92 Å². The third-order valence-corrected chi connectivity index (χ3v) is 4.67. The highest BCUT2D eigenvalue weighted by atomic mass is 16.6. The van der Waals surface area contributed by atoms with Crippen LogP contribution in [-0.4, -0.2) is 25.9 Å². The van der Waals surface area contributed by atoms with Gasteiger partial charge in [-0.1, -0.05) is 24.3 Å². The van der Waals surface area contributed by atoms with Crippen molar-refractivity contribution >= 4 is 42.5 Å². The molecule has 0 spiro atoms. The lowest BCUT2D eigenvalue weighted by Crippen LogP contribution is -2.44. The molecule has 27 heavy (non-hydrogen) atoms. The molecule has 136 valence electrons. The fourth-order valence-electron chi connectivity index (χ4n) is 3.47. The number of rotatable bonds is 5. The minimum Gasteiger partial charge on any atom is -0.443 e. The maximum Gasteiger partial charge on any atom is 0.481 e. The Morgan fingerprint density at radius 3 is 2.26 bits per heavy atom. The van der Waals surface area contributed by atoms with Crippen LogP contribution in [-0.2, 0) is 43.1 Å². The topological polar surface area (TPSA) is 73.9 Å². The second kappa shape index (κ2) is 7.31. The van der Waals surface area contributed by atoms with Gasteiger partial charge in [0.1, 0.15) is 5.78 Å². The number of anilines is 1. The fourth-order valence-corrected chi connectivity index (χ4v) is 3.47. The first kappa shape index (κ1) is 18.0. The fraction of sp³-hybridized carbons (Fsp3) is 0.263. The van der Waals surface area contributed by atoms with Gasteiger partial charge >= 0.3 is 14.2 Å². The Balaban J connectivity index is 1.54. The molecule has 0 aromatic heterocycles. The Morgan fingerprint density at radius 1 is 1.00 bits per heavy atom. The summed E-state index contributed by atoms with van der Waals surface area (Å²) in [6, 6.07) is 11.6. The van der Waals surface area contributed by atoms with E-state index in [2.05, 4.69) is 5.32 Å². The van der Waals surface area contributed by atoms with Crippen LogP contribution in [0, 0.1) is 0 Å². The first-order valence-electron chi connectivity index (χ1n) is 8.90. The third kappa shape index (κ3) is 3.83. The van der Waals surface area contributed by atoms with Crippen LogP contribution in [0.5, 0.6) is 0 Å². The number of hydrogen-bond acceptors (Lipinski definition) is 5. The van der Waals surface area contributed by atoms with E-state index in [1.165, 1.54) is 6.92 Å². The van der Waals surface area contributed by atoms with Crippen molar-refractivity contribution in [1.29, 1.82) is 0 Å². The van der Waals surface area contributed by atoms with Gasteiger partial charge in [0, 0.05) is 19.0 Å². The molecule has 0 saturated carbocycles. The van der Waals surface area contributed by atoms with Crippen molar-refractivity contribution in [2.45, 2.75) is 33.5 Å². The molecule has 2 aliphatic rings. The molecule has 8 heteroatoms. The second-order valence-electron chi connectivity index (χ2n) is 6.93. The molecule has 0 radical (unpaired) electrons. The van der Waals surface area contributed by atoms with Gasteiger partial charge in [0.2, 0.25) is 5.91 Å². The molecule has 2 aliphatic heterocycles. The number of hydrogen-bond donors (Lipinski definition) is 1. The molecule has 0 unspecified atom stereocenters. The van der Waals surface area contributed by atoms with Crippen molar-refractivity contribution < 1.29 is 23.5 Å². The predicted molar refractivity (Wildman–Crippen MR) is 103 cm³/mol. The summed E-state index contributed by atoms with van der Waals surface area (Å²) < 4.78 is 17.7. The number of amides is 1. The number of ketones is 1. The van der Waals surface area contributed by atoms with Gasteiger partial charge in [0.25, 0.3) is 0 Å². The van der Waals surface area contributed by atoms with Crippen LogP contribution in [0.1, 0.15) is 30.5 Å². The van der Waals surface area contributed by atoms with Gasteiger partial charge in [-0.15, -0.1) is 0 Å². The van der Waals surface area contributed by atoms with Crippen molar-refractivity contribution in [1.82, 2.24) is 0 Å². The summed E-state index contributed by atoms with van der Waals surface area (Å²) in [5.41, 5.74) is 5.55. The van der Waals surface area contributed by atoms with E-state index in [1.807, 2.05) is 36.4 Å². The lowest BCUT2D eigenvalue weighted by molar-refractivity contribution is -0.116. The lowest BCUT2D eigenvalue weighted by Gasteiger charge is -2.14. The highest BCUT2D eigenvalue weighted by molar-refractivity contribution is 6.75. The van der Waals surface area contributed by atoms with Gasteiger partial charge in [-0.25, -0.2) is 0 Å². The first-order valence-corrected chi connectivity index (χ1v) is 8.90. The molecule has 0 atom stereocenters. The standard InChI is InChI=1S/C19H19B2NO5/c1-12(23)7-14-3-4-15-10-25-20(18(15)8-14)27-21-19-9-17(22-13(2)24)6-5-16(19)11-26-21/h3-6,8-9H,7,10-11H2,1-2H3,(H,22,24). The van der Waals surface area contributed by atoms with Crippen LogP contribution >= 0.6 is 0 Å². The summed E-state index contributed by atoms with van der Waals surface area (Å²) in [7, 11) is -1.12. The van der Waals surface area contributed by atoms with Gasteiger partial charge in [0.05, 0.1) is 13.2 Å². The molecule has 6 nitrogen and oxygen atoms in total. The van der Waals surface area contributed by atoms with Crippen molar-refractivity contribution in [3.8, 4) is 0 Å². The van der Waals surface area contributed by atoms with Crippen LogP contribution in [0.3, 0.4) is 0 Å². The minimum atomic E-state index is -0.568. The van der Waals surface area contributed by atoms with Crippen molar-refractivity contribution in [2.75, 3.05) is 5.32 Å². The van der Waals surface area contributed by atoms with Crippen LogP contribution in [0.2, 0.25) is 0 Å². The van der Waals surface area contributed by atoms with E-state index in [4.69, 9.17) is 13.9 Å². The Labute approximate surface area is 158 Å². The lowest BCUT2D eigenvalue weighted by atomic mass is 9.70. The maximum atomic E-state index is 11.4. The molecular weight excluding hydrogens is 344 g/mol. The summed E-state index contributed by atoms with van der Waals surface area (Å²) in [5, 5.41) is 2.78. The SMILES string of the molecule is CC(=O)Cc1ccc2c(c1)B(OB1OCc3ccc(NC(C)=O)cc31)OC2. The molecule has 1 N–H and O–H groups in total. The van der Waals surface area contributed by atoms with E-state index in [9.17, 15) is 9.59 Å². The maximum absolute atomic E-state index is 11.4. The molecule has 2 heterocycles. The first-order chi connectivity index (χ1) is 13.0. The van der Waals surface area contributed by atoms with Gasteiger partial charge in [0.15, 0.2) is 0 Å². The predicted octanol–water partition coefficient (Wildman–Crippen LogP) is 0.944. The van der Waals surface area contributed by atoms with Crippen LogP contribution in [0.25, 0.3) is 0 Å². The van der Waals surface area contributed by atoms with Gasteiger partial charge < -0.3 is 19.2 Å². The molecule has 1 amide bonds. The van der Waals surface area contributed by atoms with Gasteiger partial charge in [-0.2, -0.15) is 0 Å². The average molecular weight is 363 g/mol. The molecular formula is C19H19B2NO5. The summed E-state index contributed by atoms with van der Waals surface area (Å²) in [6.07, 6.45) is 0.392. The molecule has 0 fully saturated rings. The number of benzene rings is 2. The van der Waals surface area contributed by atoms with Crippen molar-refractivity contribution in [3.05, 3.63) is 53.1 Å². The van der Waals surface area contributed by atoms with Crippen molar-refractivity contribution in [3.63, 3.8) is 0 Å². The number of carbonyl (C=O) groups excluding carboxylic acids is 2. The van der Waals surface area contributed by atoms with Crippen LogP contribution < -0.4 is 16.2 Å². The number of Topliss-reactive ketones (excluding diaryl/α,β-unsaturated/α-hetero) is 1. The summed E-state index contributed by atoms with van der Waals surface area (Å²) in [5.74, 6) is -0.0118. The quantitative estimate of drug-likeness (QED) is 0.801. The molecule has 4 rings (SSSR count). The molecule has 2 aromatic carbocycles. The smallest absolute Gasteiger partial charge is 0.443 e. The van der Waals surface area contributed by atoms with E-state index >= 15 is 0 Å². The van der Waals surface area contributed by atoms with E-state index in [-0.39, 0.29) is 11.7 Å². The van der Waals surface area contributed by atoms with E-state index < -0.39 is 14.2 Å². The van der Waals surface area contributed by atoms with Crippen LogP contribution in [0.15, 0.2) is 36.4 Å². The molecule has 2 aromatic rings. The highest BCUT2D eigenvalue weighted by Gasteiger charge is 2.39. The van der Waals surface area contributed by atoms with Crippen molar-refractivity contribution in [2.24, 2.45) is 0 Å². The zero-order valence-electron chi connectivity index (χ0n) is 15.3. The Hall–Kier alpha value is -2.41. The highest BCUT2D eigenvalue weighted by Crippen LogP contribution is 2.19. The normalized spacial score (nSPS) is 14.9. The zero-order chi connectivity index (χ0) is 19.0. The van der Waals surface area contributed by atoms with E-state index in [0.29, 0.717) is 25.3 Å². The molecule has 0 aliphatic carbocycles. The Morgan fingerprint density at radius 2 is 1.63 bits per heavy atom. The number of nitrogens with one attached hydrogen (secondary N) is 1. The second-order valence-corrected chi connectivity index (χ2v) is 6.93. The monoisotopic (exact) mass is 363 g/mol. The van der Waals surface area contributed by atoms with Crippen LogP contribution in [0.4, 0.5) is 5.69 Å². The molecule has 0 saturated heterocycles.